The van der Waals surface area contributed by atoms with Crippen molar-refractivity contribution in [3.63, 3.8) is 0 Å². The Morgan fingerprint density at radius 3 is 2.78 bits per heavy atom. The van der Waals surface area contributed by atoms with E-state index < -0.39 is 0 Å². The van der Waals surface area contributed by atoms with Gasteiger partial charge in [-0.2, -0.15) is 0 Å². The molecule has 0 radical (unpaired) electrons. The van der Waals surface area contributed by atoms with Gasteiger partial charge in [0.15, 0.2) is 0 Å². The quantitative estimate of drug-likeness (QED) is 0.789. The number of amides is 1. The summed E-state index contributed by atoms with van der Waals surface area (Å²) in [6.07, 6.45) is 0.875. The van der Waals surface area contributed by atoms with Crippen LogP contribution in [0, 0.1) is 0 Å². The van der Waals surface area contributed by atoms with E-state index in [2.05, 4.69) is 23.2 Å². The molecule has 116 valence electrons. The molecule has 0 aliphatic carbocycles. The Morgan fingerprint density at radius 1 is 1.13 bits per heavy atom. The number of aromatic amines is 1. The fourth-order valence-corrected chi connectivity index (χ4v) is 3.36. The SMILES string of the molecule is COc1ccccc1C(=O)N1CCc2c([nH]c3ccccc23)C1. The number of carbonyl (C=O) groups excluding carboxylic acids is 1. The smallest absolute Gasteiger partial charge is 0.257 e. The number of para-hydroxylation sites is 2. The van der Waals surface area contributed by atoms with Gasteiger partial charge in [-0.1, -0.05) is 30.3 Å². The monoisotopic (exact) mass is 306 g/mol. The molecular formula is C19H18N2O2. The average molecular weight is 306 g/mol. The molecule has 4 rings (SSSR count). The van der Waals surface area contributed by atoms with Gasteiger partial charge < -0.3 is 14.6 Å². The van der Waals surface area contributed by atoms with E-state index in [-0.39, 0.29) is 5.91 Å². The van der Waals surface area contributed by atoms with Gasteiger partial charge >= 0.3 is 0 Å². The molecule has 0 spiro atoms. The predicted molar refractivity (Wildman–Crippen MR) is 89.7 cm³/mol. The molecule has 4 heteroatoms. The van der Waals surface area contributed by atoms with E-state index in [1.807, 2.05) is 35.2 Å². The Morgan fingerprint density at radius 2 is 1.91 bits per heavy atom. The minimum Gasteiger partial charge on any atom is -0.496 e. The normalized spacial score (nSPS) is 13.9. The predicted octanol–water partition coefficient (Wildman–Crippen LogP) is 3.38. The zero-order valence-electron chi connectivity index (χ0n) is 13.0. The van der Waals surface area contributed by atoms with Crippen LogP contribution in [-0.4, -0.2) is 29.4 Å². The Hall–Kier alpha value is -2.75. The summed E-state index contributed by atoms with van der Waals surface area (Å²) in [5.41, 5.74) is 4.24. The van der Waals surface area contributed by atoms with Crippen LogP contribution < -0.4 is 4.74 Å². The van der Waals surface area contributed by atoms with E-state index in [0.29, 0.717) is 17.9 Å². The van der Waals surface area contributed by atoms with Gasteiger partial charge in [-0.15, -0.1) is 0 Å². The molecule has 0 saturated carbocycles. The van der Waals surface area contributed by atoms with Crippen LogP contribution in [0.15, 0.2) is 48.5 Å². The summed E-state index contributed by atoms with van der Waals surface area (Å²) >= 11 is 0. The number of aromatic nitrogens is 1. The van der Waals surface area contributed by atoms with Gasteiger partial charge in [0.1, 0.15) is 5.75 Å². The highest BCUT2D eigenvalue weighted by Crippen LogP contribution is 2.29. The summed E-state index contributed by atoms with van der Waals surface area (Å²) in [5, 5.41) is 1.27. The molecule has 1 aliphatic heterocycles. The molecule has 23 heavy (non-hydrogen) atoms. The van der Waals surface area contributed by atoms with Crippen molar-refractivity contribution in [1.82, 2.24) is 9.88 Å². The van der Waals surface area contributed by atoms with Crippen LogP contribution in [0.2, 0.25) is 0 Å². The largest absolute Gasteiger partial charge is 0.496 e. The fourth-order valence-electron chi connectivity index (χ4n) is 3.36. The minimum absolute atomic E-state index is 0.0201. The van der Waals surface area contributed by atoms with Gasteiger partial charge in [0, 0.05) is 23.1 Å². The van der Waals surface area contributed by atoms with Crippen LogP contribution in [0.25, 0.3) is 10.9 Å². The average Bonchev–Trinajstić information content (AvgIpc) is 2.98. The fraction of sp³-hybridized carbons (Fsp3) is 0.211. The highest BCUT2D eigenvalue weighted by Gasteiger charge is 2.26. The van der Waals surface area contributed by atoms with Crippen LogP contribution in [0.3, 0.4) is 0 Å². The van der Waals surface area contributed by atoms with Crippen molar-refractivity contribution < 1.29 is 9.53 Å². The number of H-pyrrole nitrogens is 1. The first-order chi connectivity index (χ1) is 11.3. The molecular weight excluding hydrogens is 288 g/mol. The summed E-state index contributed by atoms with van der Waals surface area (Å²) in [7, 11) is 1.60. The molecule has 0 saturated heterocycles. The highest BCUT2D eigenvalue weighted by atomic mass is 16.5. The third-order valence-electron chi connectivity index (χ3n) is 4.51. The van der Waals surface area contributed by atoms with E-state index in [9.17, 15) is 4.79 Å². The maximum absolute atomic E-state index is 12.8. The second-order valence-corrected chi connectivity index (χ2v) is 5.80. The number of ether oxygens (including phenoxy) is 1. The van der Waals surface area contributed by atoms with Gasteiger partial charge in [-0.3, -0.25) is 4.79 Å². The lowest BCUT2D eigenvalue weighted by molar-refractivity contribution is 0.0729. The number of methoxy groups -OCH3 is 1. The summed E-state index contributed by atoms with van der Waals surface area (Å²) in [5.74, 6) is 0.645. The third-order valence-corrected chi connectivity index (χ3v) is 4.51. The third kappa shape index (κ3) is 2.27. The Labute approximate surface area is 134 Å². The molecule has 1 N–H and O–H groups in total. The molecule has 2 heterocycles. The molecule has 0 atom stereocenters. The molecule has 2 aromatic carbocycles. The number of hydrogen-bond donors (Lipinski definition) is 1. The van der Waals surface area contributed by atoms with Crippen LogP contribution >= 0.6 is 0 Å². The van der Waals surface area contributed by atoms with Crippen LogP contribution in [-0.2, 0) is 13.0 Å². The van der Waals surface area contributed by atoms with Crippen molar-refractivity contribution in [3.8, 4) is 5.75 Å². The molecule has 0 fully saturated rings. The van der Waals surface area contributed by atoms with Crippen molar-refractivity contribution in [1.29, 1.82) is 0 Å². The maximum atomic E-state index is 12.8. The Balaban J connectivity index is 1.66. The first kappa shape index (κ1) is 13.9. The Bertz CT molecular complexity index is 882. The lowest BCUT2D eigenvalue weighted by atomic mass is 10.0. The zero-order valence-corrected chi connectivity index (χ0v) is 13.0. The van der Waals surface area contributed by atoms with Crippen molar-refractivity contribution >= 4 is 16.8 Å². The first-order valence-electron chi connectivity index (χ1n) is 7.78. The number of carbonyl (C=O) groups is 1. The van der Waals surface area contributed by atoms with Crippen molar-refractivity contribution in [2.75, 3.05) is 13.7 Å². The van der Waals surface area contributed by atoms with Crippen LogP contribution in [0.5, 0.6) is 5.75 Å². The number of nitrogens with zero attached hydrogens (tertiary/aromatic N) is 1. The molecule has 1 aliphatic rings. The van der Waals surface area contributed by atoms with Crippen molar-refractivity contribution in [3.05, 3.63) is 65.4 Å². The van der Waals surface area contributed by atoms with Gasteiger partial charge in [0.2, 0.25) is 0 Å². The van der Waals surface area contributed by atoms with Gasteiger partial charge in [-0.05, 0) is 30.2 Å². The second kappa shape index (κ2) is 5.47. The number of rotatable bonds is 2. The highest BCUT2D eigenvalue weighted by molar-refractivity contribution is 5.97. The summed E-state index contributed by atoms with van der Waals surface area (Å²) < 4.78 is 5.32. The topological polar surface area (TPSA) is 45.3 Å². The van der Waals surface area contributed by atoms with Crippen LogP contribution in [0.1, 0.15) is 21.6 Å². The number of hydrogen-bond acceptors (Lipinski definition) is 2. The number of benzene rings is 2. The number of nitrogens with one attached hydrogen (secondary N) is 1. The van der Waals surface area contributed by atoms with Gasteiger partial charge in [0.05, 0.1) is 19.2 Å². The second-order valence-electron chi connectivity index (χ2n) is 5.80. The molecule has 0 bridgehead atoms. The van der Waals surface area contributed by atoms with E-state index >= 15 is 0 Å². The van der Waals surface area contributed by atoms with E-state index in [1.165, 1.54) is 10.9 Å². The molecule has 4 nitrogen and oxygen atoms in total. The lowest BCUT2D eigenvalue weighted by Gasteiger charge is -2.27. The maximum Gasteiger partial charge on any atom is 0.257 e. The van der Waals surface area contributed by atoms with Crippen molar-refractivity contribution in [2.45, 2.75) is 13.0 Å². The number of fused-ring (bicyclic) bond motifs is 3. The summed E-state index contributed by atoms with van der Waals surface area (Å²) in [6.45, 7) is 1.34. The first-order valence-corrected chi connectivity index (χ1v) is 7.78. The standard InChI is InChI=1S/C19H18N2O2/c1-23-18-9-5-3-7-15(18)19(22)21-11-10-14-13-6-2-4-8-16(13)20-17(14)12-21/h2-9,20H,10-12H2,1H3. The molecule has 1 aromatic heterocycles. The van der Waals surface area contributed by atoms with Crippen molar-refractivity contribution in [2.24, 2.45) is 0 Å². The molecule has 0 unspecified atom stereocenters. The molecule has 1 amide bonds. The van der Waals surface area contributed by atoms with E-state index in [4.69, 9.17) is 4.74 Å². The van der Waals surface area contributed by atoms with Gasteiger partial charge in [-0.25, -0.2) is 0 Å². The summed E-state index contributed by atoms with van der Waals surface area (Å²) in [6, 6.07) is 15.7. The lowest BCUT2D eigenvalue weighted by Crippen LogP contribution is -2.36. The molecule has 3 aromatic rings. The van der Waals surface area contributed by atoms with Crippen LogP contribution in [0.4, 0.5) is 0 Å². The minimum atomic E-state index is 0.0201. The zero-order chi connectivity index (χ0) is 15.8. The van der Waals surface area contributed by atoms with Gasteiger partial charge in [0.25, 0.3) is 5.91 Å². The Kier molecular flexibility index (Phi) is 3.30. The van der Waals surface area contributed by atoms with E-state index in [0.717, 1.165) is 24.2 Å². The summed E-state index contributed by atoms with van der Waals surface area (Å²) in [4.78, 5) is 18.2. The van der Waals surface area contributed by atoms with E-state index in [1.54, 1.807) is 7.11 Å².